The molecule has 1 aromatic heterocycles. The molecule has 0 aliphatic carbocycles. The molecule has 0 amide bonds. The number of benzene rings is 1. The lowest BCUT2D eigenvalue weighted by atomic mass is 10.1. The van der Waals surface area contributed by atoms with Gasteiger partial charge in [0.25, 0.3) is 6.43 Å². The van der Waals surface area contributed by atoms with E-state index >= 15 is 0 Å². The van der Waals surface area contributed by atoms with Gasteiger partial charge in [0.2, 0.25) is 0 Å². The topological polar surface area (TPSA) is 32.9 Å². The molecule has 4 heteroatoms. The molecule has 0 atom stereocenters. The van der Waals surface area contributed by atoms with Gasteiger partial charge in [-0.1, -0.05) is 6.07 Å². The Hall–Kier alpha value is -1.71. The van der Waals surface area contributed by atoms with Crippen molar-refractivity contribution in [3.63, 3.8) is 0 Å². The average Bonchev–Trinajstić information content (AvgIpc) is 2.15. The van der Waals surface area contributed by atoms with Crippen molar-refractivity contribution in [1.29, 1.82) is 0 Å². The molecule has 2 nitrogen and oxygen atoms in total. The summed E-state index contributed by atoms with van der Waals surface area (Å²) in [5.74, 6) is 0. The zero-order valence-electron chi connectivity index (χ0n) is 8.97. The molecule has 0 saturated carbocycles. The molecule has 0 bridgehead atoms. The molecule has 0 aliphatic rings. The minimum Gasteiger partial charge on any atom is -0.354 e. The van der Waals surface area contributed by atoms with Gasteiger partial charge in [-0.05, 0) is 31.0 Å². The lowest BCUT2D eigenvalue weighted by molar-refractivity contribution is 0.146. The Balaban J connectivity index is 2.87. The molecule has 2 rings (SSSR count). The fraction of sp³-hybridized carbons (Fsp3) is 0.250. The fourth-order valence-corrected chi connectivity index (χ4v) is 1.92. The Bertz CT molecular complexity index is 602. The number of fused-ring (bicyclic) bond motifs is 1. The number of aromatic nitrogens is 1. The highest BCUT2D eigenvalue weighted by atomic mass is 19.3. The SMILES string of the molecule is Cc1cc(C)c2c(=O)cc(C(F)F)[nH]c2c1. The first kappa shape index (κ1) is 10.8. The normalized spacial score (nSPS) is 11.3. The van der Waals surface area contributed by atoms with E-state index in [4.69, 9.17) is 0 Å². The predicted octanol–water partition coefficient (Wildman–Crippen LogP) is 3.08. The summed E-state index contributed by atoms with van der Waals surface area (Å²) in [4.78, 5) is 14.3. The Morgan fingerprint density at radius 2 is 1.88 bits per heavy atom. The molecule has 0 fully saturated rings. The molecule has 0 saturated heterocycles. The molecule has 84 valence electrons. The lowest BCUT2D eigenvalue weighted by Gasteiger charge is -2.06. The number of alkyl halides is 2. The third kappa shape index (κ3) is 1.71. The van der Waals surface area contributed by atoms with E-state index in [1.54, 1.807) is 13.0 Å². The molecule has 1 heterocycles. The Morgan fingerprint density at radius 3 is 2.50 bits per heavy atom. The van der Waals surface area contributed by atoms with Gasteiger partial charge in [0.05, 0.1) is 11.2 Å². The minimum absolute atomic E-state index is 0.331. The van der Waals surface area contributed by atoms with Crippen LogP contribution >= 0.6 is 0 Å². The summed E-state index contributed by atoms with van der Waals surface area (Å²) in [5, 5.41) is 0.481. The van der Waals surface area contributed by atoms with Crippen molar-refractivity contribution in [2.75, 3.05) is 0 Å². The van der Waals surface area contributed by atoms with Crippen LogP contribution in [0.1, 0.15) is 23.2 Å². The minimum atomic E-state index is -2.65. The number of aromatic amines is 1. The van der Waals surface area contributed by atoms with Gasteiger partial charge in [0, 0.05) is 11.5 Å². The van der Waals surface area contributed by atoms with E-state index in [2.05, 4.69) is 4.98 Å². The van der Waals surface area contributed by atoms with Crippen molar-refractivity contribution >= 4 is 10.9 Å². The van der Waals surface area contributed by atoms with Gasteiger partial charge in [0.1, 0.15) is 0 Å². The molecule has 0 unspecified atom stereocenters. The Kier molecular flexibility index (Phi) is 2.50. The average molecular weight is 223 g/mol. The van der Waals surface area contributed by atoms with Crippen molar-refractivity contribution in [3.05, 3.63) is 45.2 Å². The summed E-state index contributed by atoms with van der Waals surface area (Å²) in [6.45, 7) is 3.66. The number of rotatable bonds is 1. The van der Waals surface area contributed by atoms with E-state index in [1.165, 1.54) is 0 Å². The first-order valence-electron chi connectivity index (χ1n) is 4.91. The first-order chi connectivity index (χ1) is 7.49. The highest BCUT2D eigenvalue weighted by Gasteiger charge is 2.11. The summed E-state index contributed by atoms with van der Waals surface area (Å²) >= 11 is 0. The molecule has 0 aliphatic heterocycles. The van der Waals surface area contributed by atoms with Gasteiger partial charge in [-0.2, -0.15) is 0 Å². The zero-order chi connectivity index (χ0) is 11.9. The molecule has 1 aromatic carbocycles. The van der Waals surface area contributed by atoms with E-state index in [0.717, 1.165) is 17.2 Å². The van der Waals surface area contributed by atoms with Crippen LogP contribution in [0.3, 0.4) is 0 Å². The number of aryl methyl sites for hydroxylation is 2. The van der Waals surface area contributed by atoms with E-state index in [-0.39, 0.29) is 11.1 Å². The summed E-state index contributed by atoms with van der Waals surface area (Å²) in [6, 6.07) is 4.53. The van der Waals surface area contributed by atoms with Gasteiger partial charge in [-0.3, -0.25) is 4.79 Å². The van der Waals surface area contributed by atoms with E-state index < -0.39 is 6.43 Å². The first-order valence-corrected chi connectivity index (χ1v) is 4.91. The van der Waals surface area contributed by atoms with Crippen LogP contribution in [0.5, 0.6) is 0 Å². The van der Waals surface area contributed by atoms with Gasteiger partial charge in [-0.25, -0.2) is 8.78 Å². The second-order valence-corrected chi connectivity index (χ2v) is 3.89. The van der Waals surface area contributed by atoms with Crippen LogP contribution in [0.2, 0.25) is 0 Å². The number of halogens is 2. The number of hydrogen-bond donors (Lipinski definition) is 1. The van der Waals surface area contributed by atoms with Crippen molar-refractivity contribution < 1.29 is 8.78 Å². The maximum atomic E-state index is 12.5. The summed E-state index contributed by atoms with van der Waals surface area (Å²) in [7, 11) is 0. The monoisotopic (exact) mass is 223 g/mol. The van der Waals surface area contributed by atoms with Gasteiger partial charge in [0.15, 0.2) is 5.43 Å². The number of hydrogen-bond acceptors (Lipinski definition) is 1. The van der Waals surface area contributed by atoms with Gasteiger partial charge in [-0.15, -0.1) is 0 Å². The molecular formula is C12H11F2NO. The smallest absolute Gasteiger partial charge is 0.278 e. The largest absolute Gasteiger partial charge is 0.354 e. The van der Waals surface area contributed by atoms with Crippen molar-refractivity contribution in [3.8, 4) is 0 Å². The van der Waals surface area contributed by atoms with Crippen LogP contribution in [0.25, 0.3) is 10.9 Å². The zero-order valence-corrected chi connectivity index (χ0v) is 8.97. The molecule has 0 radical (unpaired) electrons. The van der Waals surface area contributed by atoms with Crippen LogP contribution in [0.4, 0.5) is 8.78 Å². The third-order valence-corrected chi connectivity index (χ3v) is 2.53. The van der Waals surface area contributed by atoms with Crippen LogP contribution in [0, 0.1) is 13.8 Å². The molecule has 2 aromatic rings. The quantitative estimate of drug-likeness (QED) is 0.791. The maximum Gasteiger partial charge on any atom is 0.278 e. The highest BCUT2D eigenvalue weighted by Crippen LogP contribution is 2.20. The number of H-pyrrole nitrogens is 1. The number of nitrogens with one attached hydrogen (secondary N) is 1. The molecular weight excluding hydrogens is 212 g/mol. The standard InChI is InChI=1S/C12H11F2NO/c1-6-3-7(2)11-8(4-6)15-9(12(13)14)5-10(11)16/h3-5,12H,1-2H3,(H,15,16). The molecule has 0 spiro atoms. The third-order valence-electron chi connectivity index (χ3n) is 2.53. The van der Waals surface area contributed by atoms with Gasteiger partial charge < -0.3 is 4.98 Å². The summed E-state index contributed by atoms with van der Waals surface area (Å²) in [5.41, 5.74) is 1.52. The second kappa shape index (κ2) is 3.70. The molecule has 16 heavy (non-hydrogen) atoms. The molecule has 1 N–H and O–H groups in total. The van der Waals surface area contributed by atoms with Crippen LogP contribution < -0.4 is 5.43 Å². The van der Waals surface area contributed by atoms with Gasteiger partial charge >= 0.3 is 0 Å². The van der Waals surface area contributed by atoms with E-state index in [1.807, 2.05) is 13.0 Å². The fourth-order valence-electron chi connectivity index (χ4n) is 1.92. The predicted molar refractivity (Wildman–Crippen MR) is 59.0 cm³/mol. The number of pyridine rings is 1. The Morgan fingerprint density at radius 1 is 1.19 bits per heavy atom. The van der Waals surface area contributed by atoms with Crippen molar-refractivity contribution in [1.82, 2.24) is 4.98 Å². The second-order valence-electron chi connectivity index (χ2n) is 3.89. The van der Waals surface area contributed by atoms with Crippen molar-refractivity contribution in [2.45, 2.75) is 20.3 Å². The highest BCUT2D eigenvalue weighted by molar-refractivity contribution is 5.82. The lowest BCUT2D eigenvalue weighted by Crippen LogP contribution is -2.07. The van der Waals surface area contributed by atoms with Crippen LogP contribution in [-0.4, -0.2) is 4.98 Å². The van der Waals surface area contributed by atoms with Crippen molar-refractivity contribution in [2.24, 2.45) is 0 Å². The van der Waals surface area contributed by atoms with Crippen LogP contribution in [-0.2, 0) is 0 Å². The summed E-state index contributed by atoms with van der Waals surface area (Å²) < 4.78 is 25.0. The van der Waals surface area contributed by atoms with Crippen LogP contribution in [0.15, 0.2) is 23.0 Å². The summed E-state index contributed by atoms with van der Waals surface area (Å²) in [6.07, 6.45) is -2.65. The van der Waals surface area contributed by atoms with E-state index in [0.29, 0.717) is 10.9 Å². The maximum absolute atomic E-state index is 12.5. The Labute approximate surface area is 90.9 Å². The van der Waals surface area contributed by atoms with E-state index in [9.17, 15) is 13.6 Å².